The summed E-state index contributed by atoms with van der Waals surface area (Å²) in [6, 6.07) is 0.376. The van der Waals surface area contributed by atoms with E-state index in [9.17, 15) is 0 Å². The minimum atomic E-state index is 0.226. The Morgan fingerprint density at radius 2 is 2.05 bits per heavy atom. The van der Waals surface area contributed by atoms with Gasteiger partial charge in [-0.1, -0.05) is 13.8 Å². The van der Waals surface area contributed by atoms with E-state index in [-0.39, 0.29) is 5.28 Å². The van der Waals surface area contributed by atoms with Crippen LogP contribution in [0.15, 0.2) is 0 Å². The van der Waals surface area contributed by atoms with Gasteiger partial charge in [0.1, 0.15) is 0 Å². The Morgan fingerprint density at radius 3 is 2.80 bits per heavy atom. The van der Waals surface area contributed by atoms with Gasteiger partial charge in [-0.3, -0.25) is 0 Å². The first-order chi connectivity index (χ1) is 9.71. The molecule has 1 atom stereocenters. The van der Waals surface area contributed by atoms with Crippen LogP contribution in [0.1, 0.15) is 33.1 Å². The highest BCUT2D eigenvalue weighted by Crippen LogP contribution is 2.15. The number of anilines is 2. The van der Waals surface area contributed by atoms with Crippen molar-refractivity contribution in [2.75, 3.05) is 36.8 Å². The van der Waals surface area contributed by atoms with E-state index < -0.39 is 0 Å². The lowest BCUT2D eigenvalue weighted by Crippen LogP contribution is -2.42. The topological polar surface area (TPSA) is 66.0 Å². The number of hydrogen-bond donors (Lipinski definition) is 2. The number of piperidine rings is 1. The quantitative estimate of drug-likeness (QED) is 0.840. The first-order valence-electron chi connectivity index (χ1n) is 7.35. The van der Waals surface area contributed by atoms with E-state index in [4.69, 9.17) is 11.6 Å². The summed E-state index contributed by atoms with van der Waals surface area (Å²) >= 11 is 5.95. The molecule has 0 radical (unpaired) electrons. The van der Waals surface area contributed by atoms with Crippen LogP contribution in [0.4, 0.5) is 11.9 Å². The number of nitrogens with one attached hydrogen (secondary N) is 2. The maximum Gasteiger partial charge on any atom is 0.229 e. The van der Waals surface area contributed by atoms with E-state index in [1.54, 1.807) is 0 Å². The molecule has 1 aromatic rings. The summed E-state index contributed by atoms with van der Waals surface area (Å²) in [5.74, 6) is 1.10. The predicted octanol–water partition coefficient (Wildman–Crippen LogP) is 2.24. The average Bonchev–Trinajstić information content (AvgIpc) is 2.44. The molecule has 2 N–H and O–H groups in total. The van der Waals surface area contributed by atoms with Gasteiger partial charge in [0.15, 0.2) is 0 Å². The van der Waals surface area contributed by atoms with Crippen molar-refractivity contribution in [2.45, 2.75) is 39.2 Å². The zero-order valence-electron chi connectivity index (χ0n) is 12.2. The van der Waals surface area contributed by atoms with Gasteiger partial charge in [-0.05, 0) is 44.0 Å². The molecule has 20 heavy (non-hydrogen) atoms. The summed E-state index contributed by atoms with van der Waals surface area (Å²) in [7, 11) is 0. The van der Waals surface area contributed by atoms with Crippen LogP contribution in [0.3, 0.4) is 0 Å². The molecule has 0 amide bonds. The molecule has 1 aliphatic heterocycles. The van der Waals surface area contributed by atoms with Crippen molar-refractivity contribution in [3.63, 3.8) is 0 Å². The van der Waals surface area contributed by atoms with Crippen molar-refractivity contribution in [3.05, 3.63) is 5.28 Å². The van der Waals surface area contributed by atoms with Gasteiger partial charge in [-0.2, -0.15) is 15.0 Å². The molecule has 0 aliphatic carbocycles. The van der Waals surface area contributed by atoms with Crippen LogP contribution in [-0.2, 0) is 0 Å². The van der Waals surface area contributed by atoms with E-state index in [1.165, 1.54) is 13.0 Å². The molecule has 0 spiro atoms. The summed E-state index contributed by atoms with van der Waals surface area (Å²) in [6.45, 7) is 8.39. The van der Waals surface area contributed by atoms with Crippen molar-refractivity contribution < 1.29 is 0 Å². The minimum absolute atomic E-state index is 0.226. The summed E-state index contributed by atoms with van der Waals surface area (Å²) in [6.07, 6.45) is 3.35. The Balaban J connectivity index is 1.99. The third kappa shape index (κ3) is 4.45. The zero-order chi connectivity index (χ0) is 14.4. The Labute approximate surface area is 125 Å². The number of nitrogens with zero attached hydrogens (tertiary/aromatic N) is 4. The maximum absolute atomic E-state index is 5.95. The number of rotatable bonds is 6. The highest BCUT2D eigenvalue weighted by Gasteiger charge is 2.19. The molecule has 112 valence electrons. The standard InChI is InChI=1S/C13H23ClN6/c1-3-7-15-12-17-11(14)18-13(19-12)16-10-6-5-8-20(4-2)9-10/h10H,3-9H2,1-2H3,(H2,15,16,17,18,19). The predicted molar refractivity (Wildman–Crippen MR) is 82.4 cm³/mol. The molecule has 1 aliphatic rings. The van der Waals surface area contributed by atoms with Crippen molar-refractivity contribution in [3.8, 4) is 0 Å². The van der Waals surface area contributed by atoms with Crippen LogP contribution in [0.25, 0.3) is 0 Å². The largest absolute Gasteiger partial charge is 0.354 e. The van der Waals surface area contributed by atoms with Crippen LogP contribution < -0.4 is 10.6 Å². The number of hydrogen-bond acceptors (Lipinski definition) is 6. The third-order valence-corrected chi connectivity index (χ3v) is 3.60. The molecule has 1 aromatic heterocycles. The fourth-order valence-electron chi connectivity index (χ4n) is 2.37. The molecule has 1 fully saturated rings. The van der Waals surface area contributed by atoms with Gasteiger partial charge in [-0.15, -0.1) is 0 Å². The fourth-order valence-corrected chi connectivity index (χ4v) is 2.53. The van der Waals surface area contributed by atoms with Crippen molar-refractivity contribution in [2.24, 2.45) is 0 Å². The monoisotopic (exact) mass is 298 g/mol. The van der Waals surface area contributed by atoms with Gasteiger partial charge < -0.3 is 15.5 Å². The van der Waals surface area contributed by atoms with Crippen molar-refractivity contribution in [1.29, 1.82) is 0 Å². The molecular weight excluding hydrogens is 276 g/mol. The summed E-state index contributed by atoms with van der Waals surface area (Å²) in [5.41, 5.74) is 0. The highest BCUT2D eigenvalue weighted by atomic mass is 35.5. The van der Waals surface area contributed by atoms with Crippen molar-refractivity contribution >= 4 is 23.5 Å². The molecule has 0 aromatic carbocycles. The van der Waals surface area contributed by atoms with Gasteiger partial charge in [0, 0.05) is 19.1 Å². The van der Waals surface area contributed by atoms with E-state index >= 15 is 0 Å². The number of aromatic nitrogens is 3. The second-order valence-corrected chi connectivity index (χ2v) is 5.39. The third-order valence-electron chi connectivity index (χ3n) is 3.43. The Kier molecular flexibility index (Phi) is 5.79. The second-order valence-electron chi connectivity index (χ2n) is 5.06. The smallest absolute Gasteiger partial charge is 0.229 e. The molecule has 0 bridgehead atoms. The average molecular weight is 299 g/mol. The number of halogens is 1. The summed E-state index contributed by atoms with van der Waals surface area (Å²) < 4.78 is 0. The summed E-state index contributed by atoms with van der Waals surface area (Å²) in [5, 5.41) is 6.74. The van der Waals surface area contributed by atoms with Crippen molar-refractivity contribution in [1.82, 2.24) is 19.9 Å². The normalized spacial score (nSPS) is 19.9. The fraction of sp³-hybridized carbons (Fsp3) is 0.769. The van der Waals surface area contributed by atoms with Crippen LogP contribution in [0.5, 0.6) is 0 Å². The molecule has 1 saturated heterocycles. The van der Waals surface area contributed by atoms with E-state index in [2.05, 4.69) is 44.3 Å². The SMILES string of the molecule is CCCNc1nc(Cl)nc(NC2CCCN(CC)C2)n1. The molecule has 2 heterocycles. The molecule has 7 heteroatoms. The molecule has 1 unspecified atom stereocenters. The maximum atomic E-state index is 5.95. The lowest BCUT2D eigenvalue weighted by Gasteiger charge is -2.32. The first-order valence-corrected chi connectivity index (χ1v) is 7.73. The lowest BCUT2D eigenvalue weighted by molar-refractivity contribution is 0.226. The van der Waals surface area contributed by atoms with Crippen LogP contribution in [0, 0.1) is 0 Å². The Hall–Kier alpha value is -1.14. The summed E-state index contributed by atoms with van der Waals surface area (Å²) in [4.78, 5) is 15.0. The van der Waals surface area contributed by atoms with Gasteiger partial charge in [-0.25, -0.2) is 0 Å². The second kappa shape index (κ2) is 7.59. The minimum Gasteiger partial charge on any atom is -0.354 e. The molecule has 0 saturated carbocycles. The van der Waals surface area contributed by atoms with E-state index in [1.807, 2.05) is 0 Å². The van der Waals surface area contributed by atoms with E-state index in [0.29, 0.717) is 17.9 Å². The Morgan fingerprint density at radius 1 is 1.25 bits per heavy atom. The van der Waals surface area contributed by atoms with Gasteiger partial charge in [0.2, 0.25) is 17.2 Å². The highest BCUT2D eigenvalue weighted by molar-refractivity contribution is 6.28. The lowest BCUT2D eigenvalue weighted by atomic mass is 10.1. The van der Waals surface area contributed by atoms with Gasteiger partial charge in [0.05, 0.1) is 0 Å². The number of likely N-dealkylation sites (N-methyl/N-ethyl adjacent to an activating group) is 1. The zero-order valence-corrected chi connectivity index (χ0v) is 12.9. The molecular formula is C13H23ClN6. The molecule has 2 rings (SSSR count). The van der Waals surface area contributed by atoms with E-state index in [0.717, 1.165) is 32.5 Å². The van der Waals surface area contributed by atoms with Crippen LogP contribution >= 0.6 is 11.6 Å². The van der Waals surface area contributed by atoms with Crippen LogP contribution in [-0.4, -0.2) is 52.1 Å². The van der Waals surface area contributed by atoms with Gasteiger partial charge >= 0.3 is 0 Å². The van der Waals surface area contributed by atoms with Gasteiger partial charge in [0.25, 0.3) is 0 Å². The first kappa shape index (κ1) is 15.3. The number of likely N-dealkylation sites (tertiary alicyclic amines) is 1. The Bertz CT molecular complexity index is 427. The molecule has 6 nitrogen and oxygen atoms in total. The van der Waals surface area contributed by atoms with Crippen LogP contribution in [0.2, 0.25) is 5.28 Å².